The molecule has 1 aromatic carbocycles. The van der Waals surface area contributed by atoms with Gasteiger partial charge in [0.1, 0.15) is 5.01 Å². The molecule has 1 N–H and O–H groups in total. The normalized spacial score (nSPS) is 10.2. The lowest BCUT2D eigenvalue weighted by molar-refractivity contribution is 1.31. The molecular formula is C15H15BrN2S. The molecule has 0 aliphatic heterocycles. The van der Waals surface area contributed by atoms with Crippen LogP contribution >= 0.6 is 28.3 Å². The van der Waals surface area contributed by atoms with Crippen molar-refractivity contribution in [1.82, 2.24) is 9.97 Å². The number of aryl methyl sites for hydroxylation is 2. The molecule has 0 saturated carbocycles. The first kappa shape index (κ1) is 14.0. The van der Waals surface area contributed by atoms with Crippen LogP contribution in [0.1, 0.15) is 11.1 Å². The second kappa shape index (κ2) is 5.72. The van der Waals surface area contributed by atoms with E-state index in [1.165, 1.54) is 16.7 Å². The zero-order chi connectivity index (χ0) is 12.5. The van der Waals surface area contributed by atoms with Crippen molar-refractivity contribution in [2.75, 3.05) is 0 Å². The first-order valence-corrected chi connectivity index (χ1v) is 6.79. The van der Waals surface area contributed by atoms with Gasteiger partial charge in [0.25, 0.3) is 0 Å². The van der Waals surface area contributed by atoms with Crippen molar-refractivity contribution >= 4 is 28.3 Å². The summed E-state index contributed by atoms with van der Waals surface area (Å²) in [5.74, 6) is 0. The van der Waals surface area contributed by atoms with Crippen LogP contribution in [0.25, 0.3) is 22.0 Å². The summed E-state index contributed by atoms with van der Waals surface area (Å²) in [6.07, 6.45) is 1.92. The topological polar surface area (TPSA) is 28.7 Å². The smallest absolute Gasteiger partial charge is 0.140 e. The number of aromatic amines is 1. The van der Waals surface area contributed by atoms with Crippen molar-refractivity contribution in [3.63, 3.8) is 0 Å². The maximum atomic E-state index is 4.70. The number of thiazole rings is 1. The number of halogens is 1. The van der Waals surface area contributed by atoms with Gasteiger partial charge in [0.15, 0.2) is 0 Å². The molecule has 98 valence electrons. The van der Waals surface area contributed by atoms with E-state index < -0.39 is 0 Å². The van der Waals surface area contributed by atoms with E-state index in [0.29, 0.717) is 0 Å². The van der Waals surface area contributed by atoms with Gasteiger partial charge in [-0.05, 0) is 31.5 Å². The third-order valence-corrected chi connectivity index (χ3v) is 3.87. The first-order valence-electron chi connectivity index (χ1n) is 5.91. The molecule has 0 spiro atoms. The molecule has 0 atom stereocenters. The number of hydrogen-bond donors (Lipinski definition) is 1. The fraction of sp³-hybridized carbons (Fsp3) is 0.133. The van der Waals surface area contributed by atoms with Gasteiger partial charge in [0, 0.05) is 17.1 Å². The molecule has 3 rings (SSSR count). The highest BCUT2D eigenvalue weighted by Crippen LogP contribution is 2.29. The van der Waals surface area contributed by atoms with Crippen molar-refractivity contribution in [2.24, 2.45) is 0 Å². The largest absolute Gasteiger partial charge is 0.359 e. The molecular weight excluding hydrogens is 320 g/mol. The van der Waals surface area contributed by atoms with E-state index in [1.54, 1.807) is 11.3 Å². The molecule has 4 heteroatoms. The summed E-state index contributed by atoms with van der Waals surface area (Å²) in [7, 11) is 0. The Kier molecular flexibility index (Phi) is 4.22. The van der Waals surface area contributed by atoms with Gasteiger partial charge in [-0.2, -0.15) is 0 Å². The number of aromatic nitrogens is 2. The molecule has 0 aliphatic carbocycles. The van der Waals surface area contributed by atoms with Crippen molar-refractivity contribution in [3.05, 3.63) is 53.0 Å². The van der Waals surface area contributed by atoms with Gasteiger partial charge in [-0.15, -0.1) is 28.3 Å². The van der Waals surface area contributed by atoms with E-state index in [0.717, 1.165) is 16.4 Å². The van der Waals surface area contributed by atoms with E-state index >= 15 is 0 Å². The predicted octanol–water partition coefficient (Wildman–Crippen LogP) is 5.00. The Morgan fingerprint density at radius 2 is 2.00 bits per heavy atom. The standard InChI is InChI=1S/C15H14N2S.BrH/c1-10-5-6-12(11(2)8-10)14-9-18-15(17-14)13-4-3-7-16-13;/h3-9,16H,1-2H3;1H. The maximum Gasteiger partial charge on any atom is 0.140 e. The lowest BCUT2D eigenvalue weighted by Crippen LogP contribution is -1.85. The Labute approximate surface area is 127 Å². The Morgan fingerprint density at radius 3 is 2.68 bits per heavy atom. The van der Waals surface area contributed by atoms with Crippen LogP contribution in [0.3, 0.4) is 0 Å². The van der Waals surface area contributed by atoms with Crippen LogP contribution in [0.2, 0.25) is 0 Å². The van der Waals surface area contributed by atoms with Crippen molar-refractivity contribution in [1.29, 1.82) is 0 Å². The number of rotatable bonds is 2. The van der Waals surface area contributed by atoms with E-state index in [-0.39, 0.29) is 17.0 Å². The third kappa shape index (κ3) is 2.80. The Morgan fingerprint density at radius 1 is 1.16 bits per heavy atom. The third-order valence-electron chi connectivity index (χ3n) is 2.99. The van der Waals surface area contributed by atoms with Gasteiger partial charge in [-0.1, -0.05) is 23.8 Å². The van der Waals surface area contributed by atoms with Gasteiger partial charge in [0.2, 0.25) is 0 Å². The summed E-state index contributed by atoms with van der Waals surface area (Å²) >= 11 is 1.67. The summed E-state index contributed by atoms with van der Waals surface area (Å²) in [5, 5.41) is 3.16. The molecule has 2 heterocycles. The lowest BCUT2D eigenvalue weighted by Gasteiger charge is -2.03. The number of nitrogens with zero attached hydrogens (tertiary/aromatic N) is 1. The number of hydrogen-bond acceptors (Lipinski definition) is 2. The Hall–Kier alpha value is -1.39. The molecule has 0 radical (unpaired) electrons. The molecule has 0 saturated heterocycles. The fourth-order valence-corrected chi connectivity index (χ4v) is 2.89. The molecule has 0 unspecified atom stereocenters. The van der Waals surface area contributed by atoms with Gasteiger partial charge in [-0.3, -0.25) is 0 Å². The number of H-pyrrole nitrogens is 1. The zero-order valence-corrected chi connectivity index (χ0v) is 13.3. The summed E-state index contributed by atoms with van der Waals surface area (Å²) < 4.78 is 0. The van der Waals surface area contributed by atoms with Crippen LogP contribution in [0.5, 0.6) is 0 Å². The van der Waals surface area contributed by atoms with Crippen LogP contribution in [-0.2, 0) is 0 Å². The minimum Gasteiger partial charge on any atom is -0.359 e. The summed E-state index contributed by atoms with van der Waals surface area (Å²) in [6.45, 7) is 4.25. The minimum atomic E-state index is 0. The van der Waals surface area contributed by atoms with Gasteiger partial charge < -0.3 is 4.98 Å². The average molecular weight is 335 g/mol. The summed E-state index contributed by atoms with van der Waals surface area (Å²) in [6, 6.07) is 10.5. The Balaban J connectivity index is 0.00000133. The van der Waals surface area contributed by atoms with E-state index in [9.17, 15) is 0 Å². The molecule has 0 aliphatic rings. The molecule has 2 aromatic heterocycles. The molecule has 3 aromatic rings. The second-order valence-electron chi connectivity index (χ2n) is 4.44. The number of benzene rings is 1. The van der Waals surface area contributed by atoms with Crippen molar-refractivity contribution in [3.8, 4) is 22.0 Å². The molecule has 19 heavy (non-hydrogen) atoms. The van der Waals surface area contributed by atoms with Crippen LogP contribution in [0, 0.1) is 13.8 Å². The first-order chi connectivity index (χ1) is 8.74. The van der Waals surface area contributed by atoms with Crippen molar-refractivity contribution in [2.45, 2.75) is 13.8 Å². The van der Waals surface area contributed by atoms with Crippen LogP contribution < -0.4 is 0 Å². The molecule has 0 amide bonds. The van der Waals surface area contributed by atoms with Crippen LogP contribution in [0.15, 0.2) is 41.9 Å². The highest BCUT2D eigenvalue weighted by Gasteiger charge is 2.08. The fourth-order valence-electron chi connectivity index (χ4n) is 2.09. The van der Waals surface area contributed by atoms with Gasteiger partial charge >= 0.3 is 0 Å². The summed E-state index contributed by atoms with van der Waals surface area (Å²) in [4.78, 5) is 7.89. The Bertz CT molecular complexity index is 671. The SMILES string of the molecule is Br.Cc1ccc(-c2csc(-c3ccc[nH]3)n2)c(C)c1. The van der Waals surface area contributed by atoms with Crippen molar-refractivity contribution < 1.29 is 0 Å². The van der Waals surface area contributed by atoms with Gasteiger partial charge in [-0.25, -0.2) is 4.98 Å². The lowest BCUT2D eigenvalue weighted by atomic mass is 10.0. The summed E-state index contributed by atoms with van der Waals surface area (Å²) in [5.41, 5.74) is 5.92. The average Bonchev–Trinajstić information content (AvgIpc) is 2.99. The molecule has 2 nitrogen and oxygen atoms in total. The monoisotopic (exact) mass is 334 g/mol. The second-order valence-corrected chi connectivity index (χ2v) is 5.30. The zero-order valence-electron chi connectivity index (χ0n) is 10.8. The minimum absolute atomic E-state index is 0. The van der Waals surface area contributed by atoms with Crippen LogP contribution in [-0.4, -0.2) is 9.97 Å². The maximum absolute atomic E-state index is 4.70. The van der Waals surface area contributed by atoms with E-state index in [4.69, 9.17) is 4.98 Å². The molecule has 0 fully saturated rings. The van der Waals surface area contributed by atoms with E-state index in [2.05, 4.69) is 42.4 Å². The van der Waals surface area contributed by atoms with E-state index in [1.807, 2.05) is 18.3 Å². The highest BCUT2D eigenvalue weighted by molar-refractivity contribution is 8.93. The van der Waals surface area contributed by atoms with Crippen LogP contribution in [0.4, 0.5) is 0 Å². The number of nitrogens with one attached hydrogen (secondary N) is 1. The van der Waals surface area contributed by atoms with Gasteiger partial charge in [0.05, 0.1) is 11.4 Å². The molecule has 0 bridgehead atoms. The predicted molar refractivity (Wildman–Crippen MR) is 87.1 cm³/mol. The highest BCUT2D eigenvalue weighted by atomic mass is 79.9. The quantitative estimate of drug-likeness (QED) is 0.701.